The van der Waals surface area contributed by atoms with Gasteiger partial charge in [-0.05, 0) is 48.2 Å². The van der Waals surface area contributed by atoms with Crippen molar-refractivity contribution in [2.45, 2.75) is 4.90 Å². The average Bonchev–Trinajstić information content (AvgIpc) is 2.56. The van der Waals surface area contributed by atoms with Crippen molar-refractivity contribution in [2.24, 2.45) is 0 Å². The molecule has 0 saturated heterocycles. The molecule has 0 fully saturated rings. The summed E-state index contributed by atoms with van der Waals surface area (Å²) in [6.45, 7) is 0. The maximum absolute atomic E-state index is 12.3. The van der Waals surface area contributed by atoms with Crippen LogP contribution in [0.4, 0.5) is 5.69 Å². The van der Waals surface area contributed by atoms with Gasteiger partial charge in [0.1, 0.15) is 16.5 Å². The molecule has 1 aromatic heterocycles. The summed E-state index contributed by atoms with van der Waals surface area (Å²) in [5, 5.41) is 13.9. The second-order valence-electron chi connectivity index (χ2n) is 4.66. The predicted molar refractivity (Wildman–Crippen MR) is 88.3 cm³/mol. The van der Waals surface area contributed by atoms with Gasteiger partial charge >= 0.3 is 5.63 Å². The van der Waals surface area contributed by atoms with Crippen molar-refractivity contribution in [2.75, 3.05) is 5.32 Å². The highest BCUT2D eigenvalue weighted by atomic mass is 32.2. The Morgan fingerprint density at radius 2 is 1.87 bits per heavy atom. The van der Waals surface area contributed by atoms with Crippen LogP contribution in [0.1, 0.15) is 10.4 Å². The summed E-state index contributed by atoms with van der Waals surface area (Å²) in [5.41, 5.74) is 0.230. The third-order valence-corrected chi connectivity index (χ3v) is 3.76. The molecule has 0 aliphatic carbocycles. The number of thioether (sulfide) groups is 1. The molecular formula is C17H10N2O3S. The molecule has 23 heavy (non-hydrogen) atoms. The van der Waals surface area contributed by atoms with Crippen LogP contribution >= 0.6 is 11.8 Å². The minimum atomic E-state index is -0.683. The average molecular weight is 322 g/mol. The lowest BCUT2D eigenvalue weighted by atomic mass is 10.1. The number of nitrogens with zero attached hydrogens (tertiary/aromatic N) is 1. The van der Waals surface area contributed by atoms with Gasteiger partial charge in [0, 0.05) is 16.0 Å². The van der Waals surface area contributed by atoms with E-state index in [2.05, 4.69) is 5.32 Å². The number of carbonyl (C=O) groups is 1. The van der Waals surface area contributed by atoms with Crippen molar-refractivity contribution in [3.05, 3.63) is 70.6 Å². The highest BCUT2D eigenvalue weighted by Gasteiger charge is 2.13. The van der Waals surface area contributed by atoms with E-state index in [4.69, 9.17) is 9.68 Å². The summed E-state index contributed by atoms with van der Waals surface area (Å²) in [4.78, 5) is 25.0. The number of para-hydroxylation sites is 1. The van der Waals surface area contributed by atoms with Crippen LogP contribution in [0.15, 0.2) is 68.7 Å². The SMILES string of the molecule is N#CSc1ccc(NC(=O)c2cc3ccccc3oc2=O)cc1. The largest absolute Gasteiger partial charge is 0.422 e. The molecule has 0 radical (unpaired) electrons. The zero-order valence-electron chi connectivity index (χ0n) is 11.8. The summed E-state index contributed by atoms with van der Waals surface area (Å²) in [5.74, 6) is -0.537. The van der Waals surface area contributed by atoms with Crippen LogP contribution in [0.25, 0.3) is 11.0 Å². The molecular weight excluding hydrogens is 312 g/mol. The van der Waals surface area contributed by atoms with Gasteiger partial charge in [0.25, 0.3) is 5.91 Å². The van der Waals surface area contributed by atoms with Crippen molar-refractivity contribution in [3.8, 4) is 5.40 Å². The van der Waals surface area contributed by atoms with E-state index in [9.17, 15) is 9.59 Å². The smallest absolute Gasteiger partial charge is 0.349 e. The second kappa shape index (κ2) is 6.38. The first-order valence-electron chi connectivity index (χ1n) is 6.67. The first-order valence-corrected chi connectivity index (χ1v) is 7.49. The van der Waals surface area contributed by atoms with E-state index in [1.54, 1.807) is 48.5 Å². The van der Waals surface area contributed by atoms with Crippen molar-refractivity contribution in [3.63, 3.8) is 0 Å². The fourth-order valence-corrected chi connectivity index (χ4v) is 2.46. The number of carbonyl (C=O) groups excluding carboxylic acids is 1. The van der Waals surface area contributed by atoms with Crippen molar-refractivity contribution >= 4 is 34.3 Å². The maximum Gasteiger partial charge on any atom is 0.349 e. The van der Waals surface area contributed by atoms with Gasteiger partial charge in [-0.25, -0.2) is 4.79 Å². The molecule has 1 N–H and O–H groups in total. The second-order valence-corrected chi connectivity index (χ2v) is 5.52. The number of hydrogen-bond donors (Lipinski definition) is 1. The number of nitrogens with one attached hydrogen (secondary N) is 1. The number of nitriles is 1. The molecule has 0 bridgehead atoms. The van der Waals surface area contributed by atoms with E-state index in [1.807, 2.05) is 5.40 Å². The quantitative estimate of drug-likeness (QED) is 0.452. The number of rotatable bonds is 3. The Kier molecular flexibility index (Phi) is 4.13. The van der Waals surface area contributed by atoms with Crippen LogP contribution in [0, 0.1) is 10.7 Å². The third kappa shape index (κ3) is 3.25. The Morgan fingerprint density at radius 3 is 2.61 bits per heavy atom. The van der Waals surface area contributed by atoms with Gasteiger partial charge in [0.05, 0.1) is 0 Å². The Morgan fingerprint density at radius 1 is 1.13 bits per heavy atom. The molecule has 0 aliphatic rings. The van der Waals surface area contributed by atoms with E-state index in [0.717, 1.165) is 16.7 Å². The molecule has 0 spiro atoms. The van der Waals surface area contributed by atoms with Crippen molar-refractivity contribution in [1.82, 2.24) is 0 Å². The van der Waals surface area contributed by atoms with Gasteiger partial charge in [-0.1, -0.05) is 18.2 Å². The normalized spacial score (nSPS) is 10.2. The van der Waals surface area contributed by atoms with Gasteiger partial charge in [0.15, 0.2) is 0 Å². The number of benzene rings is 2. The van der Waals surface area contributed by atoms with E-state index >= 15 is 0 Å². The topological polar surface area (TPSA) is 83.1 Å². The lowest BCUT2D eigenvalue weighted by Gasteiger charge is -2.05. The molecule has 2 aromatic carbocycles. The van der Waals surface area contributed by atoms with E-state index in [1.165, 1.54) is 6.07 Å². The van der Waals surface area contributed by atoms with Crippen molar-refractivity contribution in [1.29, 1.82) is 5.26 Å². The predicted octanol–water partition coefficient (Wildman–Crippen LogP) is 3.62. The molecule has 6 heteroatoms. The Balaban J connectivity index is 1.87. The maximum atomic E-state index is 12.3. The van der Waals surface area contributed by atoms with Crippen molar-refractivity contribution < 1.29 is 9.21 Å². The standard InChI is InChI=1S/C17H10N2O3S/c18-10-23-13-7-5-12(6-8-13)19-16(20)14-9-11-3-1-2-4-15(11)22-17(14)21/h1-9H,(H,19,20). The summed E-state index contributed by atoms with van der Waals surface area (Å²) in [6, 6.07) is 15.3. The molecule has 0 unspecified atom stereocenters. The third-order valence-electron chi connectivity index (χ3n) is 3.16. The lowest BCUT2D eigenvalue weighted by Crippen LogP contribution is -2.20. The van der Waals surface area contributed by atoms with Crippen LogP contribution in [0.3, 0.4) is 0 Å². The summed E-state index contributed by atoms with van der Waals surface area (Å²) in [6.07, 6.45) is 0. The van der Waals surface area contributed by atoms with Crippen LogP contribution in [-0.2, 0) is 0 Å². The Hall–Kier alpha value is -3.04. The van der Waals surface area contributed by atoms with Crippen LogP contribution in [0.5, 0.6) is 0 Å². The summed E-state index contributed by atoms with van der Waals surface area (Å²) in [7, 11) is 0. The number of hydrogen-bond acceptors (Lipinski definition) is 5. The van der Waals surface area contributed by atoms with E-state index in [-0.39, 0.29) is 5.56 Å². The highest BCUT2D eigenvalue weighted by Crippen LogP contribution is 2.19. The van der Waals surface area contributed by atoms with E-state index in [0.29, 0.717) is 16.7 Å². The van der Waals surface area contributed by atoms with Gasteiger partial charge in [-0.3, -0.25) is 4.79 Å². The molecule has 112 valence electrons. The molecule has 3 aromatic rings. The Labute approximate surface area is 135 Å². The summed E-state index contributed by atoms with van der Waals surface area (Å²) < 4.78 is 5.15. The van der Waals surface area contributed by atoms with Gasteiger partial charge in [-0.2, -0.15) is 5.26 Å². The van der Waals surface area contributed by atoms with E-state index < -0.39 is 11.5 Å². The zero-order valence-corrected chi connectivity index (χ0v) is 12.6. The Bertz CT molecular complexity index is 972. The van der Waals surface area contributed by atoms with Gasteiger partial charge < -0.3 is 9.73 Å². The molecule has 1 amide bonds. The number of thiocyanates is 1. The number of amides is 1. The highest BCUT2D eigenvalue weighted by molar-refractivity contribution is 8.03. The van der Waals surface area contributed by atoms with Crippen LogP contribution in [-0.4, -0.2) is 5.91 Å². The number of anilines is 1. The number of fused-ring (bicyclic) bond motifs is 1. The molecule has 3 rings (SSSR count). The zero-order chi connectivity index (χ0) is 16.2. The molecule has 0 aliphatic heterocycles. The first kappa shape index (κ1) is 14.9. The lowest BCUT2D eigenvalue weighted by molar-refractivity contribution is 0.102. The molecule has 1 heterocycles. The minimum absolute atomic E-state index is 0.0563. The molecule has 0 saturated carbocycles. The monoisotopic (exact) mass is 322 g/mol. The summed E-state index contributed by atoms with van der Waals surface area (Å²) >= 11 is 1.03. The van der Waals surface area contributed by atoms with Crippen LogP contribution in [0.2, 0.25) is 0 Å². The molecule has 0 atom stereocenters. The fourth-order valence-electron chi connectivity index (χ4n) is 2.08. The first-order chi connectivity index (χ1) is 11.2. The van der Waals surface area contributed by atoms with Crippen LogP contribution < -0.4 is 10.9 Å². The fraction of sp³-hybridized carbons (Fsp3) is 0. The minimum Gasteiger partial charge on any atom is -0.422 e. The molecule has 5 nitrogen and oxygen atoms in total. The van der Waals surface area contributed by atoms with Gasteiger partial charge in [-0.15, -0.1) is 0 Å². The van der Waals surface area contributed by atoms with Gasteiger partial charge in [0.2, 0.25) is 0 Å².